The molecular weight excluding hydrogens is 178 g/mol. The first-order valence-corrected chi connectivity index (χ1v) is 4.25. The molecule has 0 fully saturated rings. The summed E-state index contributed by atoms with van der Waals surface area (Å²) in [6, 6.07) is 7.40. The van der Waals surface area contributed by atoms with E-state index in [9.17, 15) is 4.79 Å². The number of hydrogen-bond acceptors (Lipinski definition) is 2. The first-order chi connectivity index (χ1) is 6.63. The molecule has 2 N–H and O–H groups in total. The Morgan fingerprint density at radius 2 is 1.93 bits per heavy atom. The van der Waals surface area contributed by atoms with Crippen molar-refractivity contribution < 1.29 is 9.53 Å². The maximum absolute atomic E-state index is 10.8. The van der Waals surface area contributed by atoms with E-state index in [0.717, 1.165) is 11.3 Å². The molecule has 0 saturated heterocycles. The predicted molar refractivity (Wildman–Crippen MR) is 55.8 cm³/mol. The second-order valence-electron chi connectivity index (χ2n) is 2.96. The van der Waals surface area contributed by atoms with Crippen molar-refractivity contribution in [2.45, 2.75) is 6.92 Å². The van der Waals surface area contributed by atoms with Gasteiger partial charge in [0.25, 0.3) is 0 Å². The summed E-state index contributed by atoms with van der Waals surface area (Å²) in [5, 5.41) is 0. The van der Waals surface area contributed by atoms with E-state index in [1.165, 1.54) is 0 Å². The molecule has 0 heterocycles. The summed E-state index contributed by atoms with van der Waals surface area (Å²) in [5.74, 6) is 0.389. The van der Waals surface area contributed by atoms with E-state index in [4.69, 9.17) is 10.5 Å². The van der Waals surface area contributed by atoms with Crippen molar-refractivity contribution in [2.75, 3.05) is 7.11 Å². The highest BCUT2D eigenvalue weighted by molar-refractivity contribution is 5.95. The molecule has 0 bridgehead atoms. The Morgan fingerprint density at radius 1 is 1.36 bits per heavy atom. The number of amides is 1. The van der Waals surface area contributed by atoms with E-state index in [1.807, 2.05) is 24.3 Å². The van der Waals surface area contributed by atoms with Crippen LogP contribution < -0.4 is 10.5 Å². The van der Waals surface area contributed by atoms with Crippen LogP contribution in [-0.4, -0.2) is 13.0 Å². The fraction of sp³-hybridized carbons (Fsp3) is 0.182. The molecule has 1 aromatic carbocycles. The molecule has 0 aliphatic rings. The van der Waals surface area contributed by atoms with E-state index >= 15 is 0 Å². The van der Waals surface area contributed by atoms with Gasteiger partial charge in [-0.2, -0.15) is 0 Å². The van der Waals surface area contributed by atoms with Crippen molar-refractivity contribution in [2.24, 2.45) is 5.73 Å². The van der Waals surface area contributed by atoms with Crippen molar-refractivity contribution in [3.63, 3.8) is 0 Å². The van der Waals surface area contributed by atoms with Crippen molar-refractivity contribution in [3.8, 4) is 5.75 Å². The van der Waals surface area contributed by atoms with Crippen LogP contribution >= 0.6 is 0 Å². The number of ether oxygens (including phenoxy) is 1. The van der Waals surface area contributed by atoms with Crippen LogP contribution in [0.2, 0.25) is 0 Å². The Labute approximate surface area is 83.2 Å². The molecule has 0 saturated carbocycles. The molecule has 0 aromatic heterocycles. The molecular formula is C11H13NO2. The lowest BCUT2D eigenvalue weighted by Crippen LogP contribution is -2.11. The second kappa shape index (κ2) is 4.46. The lowest BCUT2D eigenvalue weighted by atomic mass is 10.1. The van der Waals surface area contributed by atoms with Crippen molar-refractivity contribution in [3.05, 3.63) is 35.4 Å². The maximum atomic E-state index is 10.8. The van der Waals surface area contributed by atoms with Crippen LogP contribution in [0.3, 0.4) is 0 Å². The van der Waals surface area contributed by atoms with Gasteiger partial charge in [-0.05, 0) is 30.7 Å². The minimum Gasteiger partial charge on any atom is -0.497 e. The molecule has 0 radical (unpaired) electrons. The lowest BCUT2D eigenvalue weighted by molar-refractivity contribution is -0.114. The predicted octanol–water partition coefficient (Wildman–Crippen LogP) is 1.58. The van der Waals surface area contributed by atoms with E-state index in [0.29, 0.717) is 5.57 Å². The van der Waals surface area contributed by atoms with Gasteiger partial charge in [0.1, 0.15) is 5.75 Å². The molecule has 14 heavy (non-hydrogen) atoms. The Bertz CT molecular complexity index is 352. The van der Waals surface area contributed by atoms with E-state index in [2.05, 4.69) is 0 Å². The molecule has 0 unspecified atom stereocenters. The standard InChI is InChI=1S/C11H13NO2/c1-8(11(12)13)7-9-3-5-10(14-2)6-4-9/h3-7H,1-2H3,(H2,12,13). The average Bonchev–Trinajstić information content (AvgIpc) is 2.19. The summed E-state index contributed by atoms with van der Waals surface area (Å²) >= 11 is 0. The van der Waals surface area contributed by atoms with Crippen molar-refractivity contribution >= 4 is 12.0 Å². The molecule has 3 heteroatoms. The lowest BCUT2D eigenvalue weighted by Gasteiger charge is -2.00. The van der Waals surface area contributed by atoms with Gasteiger partial charge in [-0.25, -0.2) is 0 Å². The smallest absolute Gasteiger partial charge is 0.244 e. The monoisotopic (exact) mass is 191 g/mol. The second-order valence-corrected chi connectivity index (χ2v) is 2.96. The molecule has 0 aliphatic carbocycles. The van der Waals surface area contributed by atoms with Crippen LogP contribution in [-0.2, 0) is 4.79 Å². The Morgan fingerprint density at radius 3 is 2.36 bits per heavy atom. The summed E-state index contributed by atoms with van der Waals surface area (Å²) in [4.78, 5) is 10.8. The number of carbonyl (C=O) groups is 1. The van der Waals surface area contributed by atoms with Crippen LogP contribution in [0.5, 0.6) is 5.75 Å². The number of methoxy groups -OCH3 is 1. The quantitative estimate of drug-likeness (QED) is 0.737. The molecule has 1 amide bonds. The highest BCUT2D eigenvalue weighted by atomic mass is 16.5. The van der Waals surface area contributed by atoms with Gasteiger partial charge < -0.3 is 10.5 Å². The van der Waals surface area contributed by atoms with Gasteiger partial charge in [0, 0.05) is 5.57 Å². The van der Waals surface area contributed by atoms with E-state index in [1.54, 1.807) is 20.1 Å². The zero-order valence-corrected chi connectivity index (χ0v) is 8.28. The first-order valence-electron chi connectivity index (χ1n) is 4.25. The molecule has 1 aromatic rings. The Kier molecular flexibility index (Phi) is 3.29. The topological polar surface area (TPSA) is 52.3 Å². The number of primary amides is 1. The number of nitrogens with two attached hydrogens (primary N) is 1. The third-order valence-electron chi connectivity index (χ3n) is 1.89. The van der Waals surface area contributed by atoms with Gasteiger partial charge >= 0.3 is 0 Å². The molecule has 0 atom stereocenters. The fourth-order valence-corrected chi connectivity index (χ4v) is 1.02. The summed E-state index contributed by atoms with van der Waals surface area (Å²) < 4.78 is 5.01. The van der Waals surface area contributed by atoms with Gasteiger partial charge in [0.15, 0.2) is 0 Å². The minimum atomic E-state index is -0.402. The van der Waals surface area contributed by atoms with Crippen LogP contribution in [0, 0.1) is 0 Å². The van der Waals surface area contributed by atoms with E-state index < -0.39 is 5.91 Å². The highest BCUT2D eigenvalue weighted by Gasteiger charge is 1.97. The Hall–Kier alpha value is -1.77. The molecule has 1 rings (SSSR count). The van der Waals surface area contributed by atoms with Gasteiger partial charge in [-0.15, -0.1) is 0 Å². The maximum Gasteiger partial charge on any atom is 0.244 e. The zero-order chi connectivity index (χ0) is 10.6. The van der Waals surface area contributed by atoms with Gasteiger partial charge in [-0.1, -0.05) is 12.1 Å². The number of benzene rings is 1. The van der Waals surface area contributed by atoms with Gasteiger partial charge in [0.05, 0.1) is 7.11 Å². The normalized spacial score (nSPS) is 11.1. The summed E-state index contributed by atoms with van der Waals surface area (Å²) in [6.45, 7) is 1.69. The van der Waals surface area contributed by atoms with E-state index in [-0.39, 0.29) is 0 Å². The van der Waals surface area contributed by atoms with Crippen molar-refractivity contribution in [1.82, 2.24) is 0 Å². The van der Waals surface area contributed by atoms with Gasteiger partial charge in [0.2, 0.25) is 5.91 Å². The third kappa shape index (κ3) is 2.62. The molecule has 0 spiro atoms. The first kappa shape index (κ1) is 10.3. The highest BCUT2D eigenvalue weighted by Crippen LogP contribution is 2.13. The largest absolute Gasteiger partial charge is 0.497 e. The van der Waals surface area contributed by atoms with Gasteiger partial charge in [-0.3, -0.25) is 4.79 Å². The zero-order valence-electron chi connectivity index (χ0n) is 8.28. The molecule has 0 aliphatic heterocycles. The number of hydrogen-bond donors (Lipinski definition) is 1. The van der Waals surface area contributed by atoms with Crippen LogP contribution in [0.4, 0.5) is 0 Å². The van der Waals surface area contributed by atoms with Crippen molar-refractivity contribution in [1.29, 1.82) is 0 Å². The summed E-state index contributed by atoms with van der Waals surface area (Å²) in [7, 11) is 1.61. The summed E-state index contributed by atoms with van der Waals surface area (Å²) in [6.07, 6.45) is 1.74. The number of rotatable bonds is 3. The Balaban J connectivity index is 2.88. The SMILES string of the molecule is COc1ccc(C=C(C)C(N)=O)cc1. The fourth-order valence-electron chi connectivity index (χ4n) is 1.02. The van der Waals surface area contributed by atoms with Crippen LogP contribution in [0.1, 0.15) is 12.5 Å². The third-order valence-corrected chi connectivity index (χ3v) is 1.89. The summed E-state index contributed by atoms with van der Waals surface area (Å²) in [5.41, 5.74) is 6.58. The average molecular weight is 191 g/mol. The minimum absolute atomic E-state index is 0.402. The van der Waals surface area contributed by atoms with Crippen LogP contribution in [0.25, 0.3) is 6.08 Å². The van der Waals surface area contributed by atoms with Crippen LogP contribution in [0.15, 0.2) is 29.8 Å². The number of carbonyl (C=O) groups excluding carboxylic acids is 1. The molecule has 74 valence electrons. The molecule has 3 nitrogen and oxygen atoms in total.